The van der Waals surface area contributed by atoms with Crippen LogP contribution in [0, 0.1) is 3.57 Å². The van der Waals surface area contributed by atoms with Gasteiger partial charge in [0.1, 0.15) is 0 Å². The molecule has 2 aromatic rings. The summed E-state index contributed by atoms with van der Waals surface area (Å²) < 4.78 is 0.617. The van der Waals surface area contributed by atoms with E-state index >= 15 is 0 Å². The molecule has 1 aromatic heterocycles. The summed E-state index contributed by atoms with van der Waals surface area (Å²) in [6, 6.07) is 4.70. The van der Waals surface area contributed by atoms with Gasteiger partial charge < -0.3 is 10.6 Å². The van der Waals surface area contributed by atoms with Gasteiger partial charge in [-0.1, -0.05) is 28.4 Å². The van der Waals surface area contributed by atoms with E-state index in [9.17, 15) is 4.79 Å². The highest BCUT2D eigenvalue weighted by atomic mass is 127. The number of benzene rings is 1. The zero-order valence-corrected chi connectivity index (χ0v) is 13.4. The van der Waals surface area contributed by atoms with E-state index in [-0.39, 0.29) is 11.5 Å². The number of aromatic nitrogens is 2. The standard InChI is InChI=1S/C11H7Cl2IN4O2/c12-5-1-2-6(7(13)3-5)10(15)18-20-11(19)9-8(14)4-16-17-9/h1-4H,(H2,15,18)(H,16,17). The Hall–Kier alpha value is -1.32. The maximum atomic E-state index is 11.7. The van der Waals surface area contributed by atoms with Crippen molar-refractivity contribution in [3.8, 4) is 0 Å². The zero-order chi connectivity index (χ0) is 14.7. The van der Waals surface area contributed by atoms with E-state index in [2.05, 4.69) is 15.4 Å². The maximum Gasteiger partial charge on any atom is 0.384 e. The predicted octanol–water partition coefficient (Wildman–Crippen LogP) is 2.80. The number of oxime groups is 1. The van der Waals surface area contributed by atoms with Gasteiger partial charge in [-0.15, -0.1) is 0 Å². The lowest BCUT2D eigenvalue weighted by Crippen LogP contribution is -2.16. The molecule has 1 heterocycles. The van der Waals surface area contributed by atoms with Crippen LogP contribution in [0.3, 0.4) is 0 Å². The number of nitrogens with zero attached hydrogens (tertiary/aromatic N) is 2. The molecule has 104 valence electrons. The minimum Gasteiger partial charge on any atom is -0.380 e. The van der Waals surface area contributed by atoms with E-state index in [0.717, 1.165) is 0 Å². The fourth-order valence-electron chi connectivity index (χ4n) is 1.30. The van der Waals surface area contributed by atoms with Gasteiger partial charge in [0.15, 0.2) is 11.5 Å². The highest BCUT2D eigenvalue weighted by Gasteiger charge is 2.14. The number of H-pyrrole nitrogens is 1. The molecule has 0 radical (unpaired) electrons. The Morgan fingerprint density at radius 1 is 1.45 bits per heavy atom. The molecule has 0 amide bonds. The first-order valence-electron chi connectivity index (χ1n) is 5.18. The summed E-state index contributed by atoms with van der Waals surface area (Å²) in [5, 5.41) is 10.5. The van der Waals surface area contributed by atoms with E-state index in [4.69, 9.17) is 33.8 Å². The Morgan fingerprint density at radius 3 is 2.80 bits per heavy atom. The lowest BCUT2D eigenvalue weighted by atomic mass is 10.2. The Morgan fingerprint density at radius 2 is 2.20 bits per heavy atom. The van der Waals surface area contributed by atoms with E-state index in [0.29, 0.717) is 19.2 Å². The Kier molecular flexibility index (Phi) is 4.84. The number of carbonyl (C=O) groups is 1. The average molecular weight is 425 g/mol. The number of nitrogens with two attached hydrogens (primary N) is 1. The Bertz CT molecular complexity index is 687. The Labute approximate surface area is 137 Å². The number of amidine groups is 1. The number of nitrogens with one attached hydrogen (secondary N) is 1. The molecule has 0 fully saturated rings. The first-order chi connectivity index (χ1) is 9.49. The molecule has 0 saturated carbocycles. The van der Waals surface area contributed by atoms with Crippen molar-refractivity contribution >= 4 is 57.6 Å². The highest BCUT2D eigenvalue weighted by molar-refractivity contribution is 14.1. The summed E-state index contributed by atoms with van der Waals surface area (Å²) in [7, 11) is 0. The molecule has 0 atom stereocenters. The second kappa shape index (κ2) is 6.42. The zero-order valence-electron chi connectivity index (χ0n) is 9.73. The van der Waals surface area contributed by atoms with Crippen LogP contribution in [0.5, 0.6) is 0 Å². The molecule has 1 aromatic carbocycles. The van der Waals surface area contributed by atoms with Crippen molar-refractivity contribution in [2.75, 3.05) is 0 Å². The second-order valence-electron chi connectivity index (χ2n) is 3.57. The molecular formula is C11H7Cl2IN4O2. The van der Waals surface area contributed by atoms with Gasteiger partial charge in [-0.3, -0.25) is 5.10 Å². The third kappa shape index (κ3) is 3.41. The van der Waals surface area contributed by atoms with Gasteiger partial charge in [0.2, 0.25) is 0 Å². The fraction of sp³-hybridized carbons (Fsp3) is 0. The molecule has 0 bridgehead atoms. The molecule has 0 aliphatic rings. The summed E-state index contributed by atoms with van der Waals surface area (Å²) in [6.07, 6.45) is 1.49. The topological polar surface area (TPSA) is 93.4 Å². The van der Waals surface area contributed by atoms with Crippen molar-refractivity contribution in [1.82, 2.24) is 10.2 Å². The van der Waals surface area contributed by atoms with Crippen LogP contribution in [0.2, 0.25) is 10.0 Å². The quantitative estimate of drug-likeness (QED) is 0.260. The lowest BCUT2D eigenvalue weighted by molar-refractivity contribution is 0.0508. The van der Waals surface area contributed by atoms with E-state index in [1.807, 2.05) is 22.6 Å². The van der Waals surface area contributed by atoms with Gasteiger partial charge in [-0.25, -0.2) is 4.79 Å². The normalized spacial score (nSPS) is 11.4. The van der Waals surface area contributed by atoms with Crippen molar-refractivity contribution in [3.05, 3.63) is 49.3 Å². The highest BCUT2D eigenvalue weighted by Crippen LogP contribution is 2.20. The van der Waals surface area contributed by atoms with Crippen LogP contribution >= 0.6 is 45.8 Å². The van der Waals surface area contributed by atoms with Crippen LogP contribution < -0.4 is 5.73 Å². The summed E-state index contributed by atoms with van der Waals surface area (Å²) in [6.45, 7) is 0. The predicted molar refractivity (Wildman–Crippen MR) is 83.9 cm³/mol. The van der Waals surface area contributed by atoms with Crippen molar-refractivity contribution < 1.29 is 9.63 Å². The maximum absolute atomic E-state index is 11.7. The van der Waals surface area contributed by atoms with Crippen LogP contribution in [0.4, 0.5) is 0 Å². The number of halogens is 3. The number of hydrogen-bond donors (Lipinski definition) is 2. The molecule has 6 nitrogen and oxygen atoms in total. The molecule has 0 saturated heterocycles. The van der Waals surface area contributed by atoms with E-state index in [1.165, 1.54) is 12.3 Å². The minimum absolute atomic E-state index is 0.0328. The van der Waals surface area contributed by atoms with Crippen molar-refractivity contribution in [2.24, 2.45) is 10.9 Å². The van der Waals surface area contributed by atoms with Gasteiger partial charge in [0.25, 0.3) is 0 Å². The van der Waals surface area contributed by atoms with Crippen LogP contribution in [0.25, 0.3) is 0 Å². The fourth-order valence-corrected chi connectivity index (χ4v) is 2.28. The third-order valence-corrected chi connectivity index (χ3v) is 3.60. The first kappa shape index (κ1) is 15.1. The van der Waals surface area contributed by atoms with Crippen LogP contribution in [-0.4, -0.2) is 22.0 Å². The number of hydrogen-bond acceptors (Lipinski definition) is 4. The smallest absolute Gasteiger partial charge is 0.380 e. The van der Waals surface area contributed by atoms with Gasteiger partial charge in [0.05, 0.1) is 14.8 Å². The molecule has 0 aliphatic heterocycles. The molecule has 0 unspecified atom stereocenters. The Balaban J connectivity index is 2.15. The number of carbonyl (C=O) groups excluding carboxylic acids is 1. The van der Waals surface area contributed by atoms with Crippen LogP contribution in [0.15, 0.2) is 29.6 Å². The second-order valence-corrected chi connectivity index (χ2v) is 5.58. The monoisotopic (exact) mass is 424 g/mol. The summed E-state index contributed by atoms with van der Waals surface area (Å²) in [5.74, 6) is -0.727. The molecule has 3 N–H and O–H groups in total. The van der Waals surface area contributed by atoms with Crippen LogP contribution in [-0.2, 0) is 4.84 Å². The van der Waals surface area contributed by atoms with Crippen molar-refractivity contribution in [1.29, 1.82) is 0 Å². The SMILES string of the molecule is N/C(=N\OC(=O)c1[nH]ncc1I)c1ccc(Cl)cc1Cl. The number of rotatable bonds is 3. The summed E-state index contributed by atoms with van der Waals surface area (Å²) in [4.78, 5) is 16.4. The molecule has 0 spiro atoms. The van der Waals surface area contributed by atoms with E-state index in [1.54, 1.807) is 12.1 Å². The van der Waals surface area contributed by atoms with Gasteiger partial charge in [-0.05, 0) is 40.8 Å². The van der Waals surface area contributed by atoms with Crippen molar-refractivity contribution in [2.45, 2.75) is 0 Å². The average Bonchev–Trinajstić information content (AvgIpc) is 2.82. The summed E-state index contributed by atoms with van der Waals surface area (Å²) in [5.41, 5.74) is 6.32. The molecular weight excluding hydrogens is 418 g/mol. The third-order valence-electron chi connectivity index (χ3n) is 2.23. The van der Waals surface area contributed by atoms with Crippen molar-refractivity contribution in [3.63, 3.8) is 0 Å². The molecule has 0 aliphatic carbocycles. The van der Waals surface area contributed by atoms with Gasteiger partial charge in [0, 0.05) is 10.6 Å². The van der Waals surface area contributed by atoms with Crippen LogP contribution in [0.1, 0.15) is 16.1 Å². The molecule has 2 rings (SSSR count). The number of aromatic amines is 1. The summed E-state index contributed by atoms with van der Waals surface area (Å²) >= 11 is 13.7. The molecule has 9 heteroatoms. The largest absolute Gasteiger partial charge is 0.384 e. The lowest BCUT2D eigenvalue weighted by Gasteiger charge is -2.03. The van der Waals surface area contributed by atoms with E-state index < -0.39 is 5.97 Å². The minimum atomic E-state index is -0.695. The van der Waals surface area contributed by atoms with Gasteiger partial charge >= 0.3 is 5.97 Å². The molecule has 20 heavy (non-hydrogen) atoms. The first-order valence-corrected chi connectivity index (χ1v) is 7.01. The van der Waals surface area contributed by atoms with Gasteiger partial charge in [-0.2, -0.15) is 5.10 Å².